The van der Waals surface area contributed by atoms with Crippen LogP contribution in [0.1, 0.15) is 13.8 Å². The van der Waals surface area contributed by atoms with E-state index in [1.807, 2.05) is 0 Å². The molecule has 2 unspecified atom stereocenters. The van der Waals surface area contributed by atoms with Crippen LogP contribution in [-0.2, 0) is 24.3 Å². The standard InChI is InChI=1S/C19H21FN2O6S/c1-12(22-29(25,26)15-10-8-14(27-3)9-11-15)19(24)28-13(2)18(23)21-17-7-5-4-6-16(17)20/h4-13,22H,1-3H3,(H,21,23). The van der Waals surface area contributed by atoms with Crippen LogP contribution in [0.3, 0.4) is 0 Å². The summed E-state index contributed by atoms with van der Waals surface area (Å²) in [7, 11) is -2.55. The smallest absolute Gasteiger partial charge is 0.324 e. The molecule has 29 heavy (non-hydrogen) atoms. The molecule has 0 aliphatic heterocycles. The van der Waals surface area contributed by atoms with Crippen LogP contribution in [0.2, 0.25) is 0 Å². The summed E-state index contributed by atoms with van der Waals surface area (Å²) < 4.78 is 50.4. The van der Waals surface area contributed by atoms with Crippen LogP contribution in [-0.4, -0.2) is 39.5 Å². The Labute approximate surface area is 168 Å². The number of hydrogen-bond donors (Lipinski definition) is 2. The van der Waals surface area contributed by atoms with Crippen molar-refractivity contribution in [3.8, 4) is 5.75 Å². The van der Waals surface area contributed by atoms with E-state index in [1.165, 1.54) is 69.5 Å². The van der Waals surface area contributed by atoms with Gasteiger partial charge in [0, 0.05) is 0 Å². The topological polar surface area (TPSA) is 111 Å². The van der Waals surface area contributed by atoms with E-state index in [0.29, 0.717) is 5.75 Å². The average molecular weight is 424 g/mol. The molecule has 2 aromatic carbocycles. The molecule has 0 aliphatic rings. The third-order valence-electron chi connectivity index (χ3n) is 3.85. The van der Waals surface area contributed by atoms with Gasteiger partial charge in [-0.05, 0) is 50.2 Å². The first-order valence-corrected chi connectivity index (χ1v) is 10.0. The Balaban J connectivity index is 1.96. The Hall–Kier alpha value is -2.98. The van der Waals surface area contributed by atoms with E-state index in [0.717, 1.165) is 0 Å². The number of nitrogens with one attached hydrogen (secondary N) is 2. The third-order valence-corrected chi connectivity index (χ3v) is 5.41. The van der Waals surface area contributed by atoms with Gasteiger partial charge in [-0.1, -0.05) is 12.1 Å². The number of ether oxygens (including phenoxy) is 2. The molecule has 2 N–H and O–H groups in total. The molecule has 0 radical (unpaired) electrons. The van der Waals surface area contributed by atoms with Gasteiger partial charge >= 0.3 is 5.97 Å². The van der Waals surface area contributed by atoms with Crippen LogP contribution in [0, 0.1) is 5.82 Å². The number of carbonyl (C=O) groups excluding carboxylic acids is 2. The minimum absolute atomic E-state index is 0.0614. The highest BCUT2D eigenvalue weighted by molar-refractivity contribution is 7.89. The molecule has 1 amide bonds. The maximum atomic E-state index is 13.6. The Morgan fingerprint density at radius 1 is 1.03 bits per heavy atom. The zero-order chi connectivity index (χ0) is 21.6. The predicted octanol–water partition coefficient (Wildman–Crippen LogP) is 2.07. The van der Waals surface area contributed by atoms with Crippen molar-refractivity contribution in [2.45, 2.75) is 30.9 Å². The van der Waals surface area contributed by atoms with Gasteiger partial charge < -0.3 is 14.8 Å². The molecule has 0 aliphatic carbocycles. The number of para-hydroxylation sites is 1. The zero-order valence-electron chi connectivity index (χ0n) is 16.0. The summed E-state index contributed by atoms with van der Waals surface area (Å²) in [5.74, 6) is -1.88. The largest absolute Gasteiger partial charge is 0.497 e. The fourth-order valence-corrected chi connectivity index (χ4v) is 3.42. The van der Waals surface area contributed by atoms with E-state index < -0.39 is 39.9 Å². The van der Waals surface area contributed by atoms with E-state index in [9.17, 15) is 22.4 Å². The van der Waals surface area contributed by atoms with Crippen LogP contribution in [0.15, 0.2) is 53.4 Å². The number of benzene rings is 2. The second-order valence-corrected chi connectivity index (χ2v) is 7.78. The SMILES string of the molecule is COc1ccc(S(=O)(=O)NC(C)C(=O)OC(C)C(=O)Nc2ccccc2F)cc1. The van der Waals surface area contributed by atoms with E-state index in [-0.39, 0.29) is 10.6 Å². The first-order valence-electron chi connectivity index (χ1n) is 8.56. The summed E-state index contributed by atoms with van der Waals surface area (Å²) in [5.41, 5.74) is -0.0614. The maximum Gasteiger partial charge on any atom is 0.324 e. The Morgan fingerprint density at radius 2 is 1.66 bits per heavy atom. The van der Waals surface area contributed by atoms with Crippen molar-refractivity contribution in [3.63, 3.8) is 0 Å². The lowest BCUT2D eigenvalue weighted by Gasteiger charge is -2.18. The molecule has 0 saturated heterocycles. The van der Waals surface area contributed by atoms with Crippen LogP contribution in [0.5, 0.6) is 5.75 Å². The molecular weight excluding hydrogens is 403 g/mol. The molecule has 10 heteroatoms. The lowest BCUT2D eigenvalue weighted by Crippen LogP contribution is -2.42. The number of esters is 1. The van der Waals surface area contributed by atoms with Gasteiger partial charge in [-0.2, -0.15) is 4.72 Å². The number of hydrogen-bond acceptors (Lipinski definition) is 6. The fourth-order valence-electron chi connectivity index (χ4n) is 2.23. The Kier molecular flexibility index (Phi) is 7.29. The molecule has 156 valence electrons. The highest BCUT2D eigenvalue weighted by Gasteiger charge is 2.26. The minimum atomic E-state index is -4.00. The van der Waals surface area contributed by atoms with Crippen molar-refractivity contribution in [2.24, 2.45) is 0 Å². The molecule has 0 bridgehead atoms. The summed E-state index contributed by atoms with van der Waals surface area (Å²) in [6.07, 6.45) is -1.27. The monoisotopic (exact) mass is 424 g/mol. The summed E-state index contributed by atoms with van der Waals surface area (Å²) >= 11 is 0. The van der Waals surface area contributed by atoms with Crippen LogP contribution in [0.25, 0.3) is 0 Å². The number of rotatable bonds is 8. The molecule has 0 fully saturated rings. The number of amides is 1. The van der Waals surface area contributed by atoms with Crippen molar-refractivity contribution < 1.29 is 31.9 Å². The van der Waals surface area contributed by atoms with E-state index in [1.54, 1.807) is 0 Å². The summed E-state index contributed by atoms with van der Waals surface area (Å²) in [5, 5.41) is 2.30. The molecule has 0 spiro atoms. The average Bonchev–Trinajstić information content (AvgIpc) is 2.69. The van der Waals surface area contributed by atoms with Gasteiger partial charge in [0.15, 0.2) is 6.10 Å². The lowest BCUT2D eigenvalue weighted by molar-refractivity contribution is -0.154. The number of anilines is 1. The number of sulfonamides is 1. The molecular formula is C19H21FN2O6S. The van der Waals surface area contributed by atoms with E-state index in [4.69, 9.17) is 9.47 Å². The minimum Gasteiger partial charge on any atom is -0.497 e. The molecule has 8 nitrogen and oxygen atoms in total. The molecule has 2 rings (SSSR count). The zero-order valence-corrected chi connectivity index (χ0v) is 16.8. The highest BCUT2D eigenvalue weighted by atomic mass is 32.2. The van der Waals surface area contributed by atoms with E-state index >= 15 is 0 Å². The van der Waals surface area contributed by atoms with Crippen LogP contribution in [0.4, 0.5) is 10.1 Å². The highest BCUT2D eigenvalue weighted by Crippen LogP contribution is 2.16. The van der Waals surface area contributed by atoms with Crippen LogP contribution < -0.4 is 14.8 Å². The van der Waals surface area contributed by atoms with Gasteiger partial charge in [0.25, 0.3) is 5.91 Å². The van der Waals surface area contributed by atoms with Gasteiger partial charge in [-0.15, -0.1) is 0 Å². The second-order valence-electron chi connectivity index (χ2n) is 6.07. The molecule has 2 atom stereocenters. The maximum absolute atomic E-state index is 13.6. The van der Waals surface area contributed by atoms with E-state index in [2.05, 4.69) is 10.0 Å². The van der Waals surface area contributed by atoms with Gasteiger partial charge in [0.2, 0.25) is 10.0 Å². The first kappa shape index (κ1) is 22.3. The molecule has 0 aromatic heterocycles. The van der Waals surface area contributed by atoms with Crippen molar-refractivity contribution in [3.05, 3.63) is 54.3 Å². The third kappa shape index (κ3) is 6.00. The van der Waals surface area contributed by atoms with Crippen molar-refractivity contribution in [1.29, 1.82) is 0 Å². The normalized spacial score (nSPS) is 13.2. The van der Waals surface area contributed by atoms with Crippen molar-refractivity contribution >= 4 is 27.6 Å². The summed E-state index contributed by atoms with van der Waals surface area (Å²) in [6, 6.07) is 9.84. The van der Waals surface area contributed by atoms with Gasteiger partial charge in [0.1, 0.15) is 17.6 Å². The number of halogens is 1. The number of methoxy groups -OCH3 is 1. The Morgan fingerprint density at radius 3 is 2.24 bits per heavy atom. The van der Waals surface area contributed by atoms with Crippen molar-refractivity contribution in [1.82, 2.24) is 4.72 Å². The summed E-state index contributed by atoms with van der Waals surface area (Å²) in [4.78, 5) is 24.2. The van der Waals surface area contributed by atoms with Gasteiger partial charge in [-0.3, -0.25) is 9.59 Å². The summed E-state index contributed by atoms with van der Waals surface area (Å²) in [6.45, 7) is 2.57. The molecule has 2 aromatic rings. The van der Waals surface area contributed by atoms with Crippen molar-refractivity contribution in [2.75, 3.05) is 12.4 Å². The van der Waals surface area contributed by atoms with Gasteiger partial charge in [-0.25, -0.2) is 12.8 Å². The first-order chi connectivity index (χ1) is 13.6. The fraction of sp³-hybridized carbons (Fsp3) is 0.263. The Bertz CT molecular complexity index is 978. The van der Waals surface area contributed by atoms with Crippen LogP contribution >= 0.6 is 0 Å². The van der Waals surface area contributed by atoms with Gasteiger partial charge in [0.05, 0.1) is 17.7 Å². The number of carbonyl (C=O) groups is 2. The molecule has 0 saturated carbocycles. The second kappa shape index (κ2) is 9.48. The molecule has 0 heterocycles. The predicted molar refractivity (Wildman–Crippen MR) is 103 cm³/mol. The lowest BCUT2D eigenvalue weighted by atomic mass is 10.3. The quantitative estimate of drug-likeness (QED) is 0.628.